The average Bonchev–Trinajstić information content (AvgIpc) is 2.45. The van der Waals surface area contributed by atoms with E-state index in [2.05, 4.69) is 26.1 Å². The van der Waals surface area contributed by atoms with Crippen LogP contribution in [0.25, 0.3) is 0 Å². The Morgan fingerprint density at radius 2 is 1.54 bits per heavy atom. The molecule has 6 heteroatoms. The van der Waals surface area contributed by atoms with E-state index < -0.39 is 0 Å². The number of benzene rings is 2. The maximum absolute atomic E-state index is 6.18. The van der Waals surface area contributed by atoms with Gasteiger partial charge in [-0.2, -0.15) is 0 Å². The highest BCUT2D eigenvalue weighted by Crippen LogP contribution is 2.26. The summed E-state index contributed by atoms with van der Waals surface area (Å²) in [6.45, 7) is 7.40. The molecule has 2 aromatic rings. The van der Waals surface area contributed by atoms with Gasteiger partial charge in [0.2, 0.25) is 0 Å². The summed E-state index contributed by atoms with van der Waals surface area (Å²) < 4.78 is 5.94. The highest BCUT2D eigenvalue weighted by Gasteiger charge is 2.12. The van der Waals surface area contributed by atoms with Gasteiger partial charge in [0.25, 0.3) is 0 Å². The van der Waals surface area contributed by atoms with Gasteiger partial charge in [-0.25, -0.2) is 0 Å². The topological polar surface area (TPSA) is 21.3 Å². The molecule has 1 N–H and O–H groups in total. The molecule has 2 rings (SSSR count). The Labute approximate surface area is 164 Å². The summed E-state index contributed by atoms with van der Waals surface area (Å²) in [5.41, 5.74) is 1.91. The lowest BCUT2D eigenvalue weighted by Crippen LogP contribution is -2.35. The second-order valence-electron chi connectivity index (χ2n) is 6.38. The van der Waals surface area contributed by atoms with E-state index in [1.807, 2.05) is 24.3 Å². The summed E-state index contributed by atoms with van der Waals surface area (Å²) in [5, 5.41) is 5.34. The fourth-order valence-electron chi connectivity index (χ4n) is 1.98. The van der Waals surface area contributed by atoms with Gasteiger partial charge in [-0.1, -0.05) is 40.9 Å². The van der Waals surface area contributed by atoms with E-state index in [1.54, 1.807) is 12.1 Å². The zero-order valence-corrected chi connectivity index (χ0v) is 16.9. The zero-order valence-electron chi connectivity index (χ0n) is 13.8. The van der Waals surface area contributed by atoms with Gasteiger partial charge in [-0.3, -0.25) is 0 Å². The Morgan fingerprint density at radius 1 is 0.917 bits per heavy atom. The molecule has 0 radical (unpaired) electrons. The van der Waals surface area contributed by atoms with E-state index in [4.69, 9.17) is 39.5 Å². The molecule has 2 nitrogen and oxygen atoms in total. The Bertz CT molecular complexity index is 683. The third kappa shape index (κ3) is 6.70. The zero-order chi connectivity index (χ0) is 17.0. The van der Waals surface area contributed by atoms with E-state index in [0.717, 1.165) is 16.9 Å². The van der Waals surface area contributed by atoms with Crippen LogP contribution in [0.4, 0.5) is 0 Å². The molecule has 0 aliphatic rings. The van der Waals surface area contributed by atoms with E-state index in [0.29, 0.717) is 28.2 Å². The minimum absolute atomic E-state index is 0. The van der Waals surface area contributed by atoms with Gasteiger partial charge in [0.1, 0.15) is 12.4 Å². The number of nitrogens with one attached hydrogen (secondary N) is 1. The first-order valence-corrected chi connectivity index (χ1v) is 8.48. The number of ether oxygens (including phenoxy) is 1. The summed E-state index contributed by atoms with van der Waals surface area (Å²) >= 11 is 18.2. The molecule has 0 heterocycles. The van der Waals surface area contributed by atoms with Crippen molar-refractivity contribution < 1.29 is 4.74 Å². The van der Waals surface area contributed by atoms with Crippen LogP contribution in [0.3, 0.4) is 0 Å². The summed E-state index contributed by atoms with van der Waals surface area (Å²) in [6, 6.07) is 11.0. The lowest BCUT2D eigenvalue weighted by Gasteiger charge is -2.22. The average molecular weight is 409 g/mol. The SMILES string of the molecule is CC(C)(C)NCc1cc(Cl)ccc1OCc1ccc(Cl)cc1Cl.Cl. The normalized spacial score (nSPS) is 11.1. The third-order valence-corrected chi connectivity index (χ3v) is 4.05. The van der Waals surface area contributed by atoms with Crippen LogP contribution in [-0.2, 0) is 13.2 Å². The Kier molecular flexibility index (Phi) is 8.17. The molecule has 0 saturated heterocycles. The first-order chi connectivity index (χ1) is 10.7. The van der Waals surface area contributed by atoms with Crippen LogP contribution in [0.5, 0.6) is 5.75 Å². The molecule has 0 atom stereocenters. The number of halogens is 4. The predicted octanol–water partition coefficient (Wildman–Crippen LogP) is 6.54. The molecule has 0 aromatic heterocycles. The Morgan fingerprint density at radius 3 is 2.17 bits per heavy atom. The van der Waals surface area contributed by atoms with Gasteiger partial charge in [0, 0.05) is 38.3 Å². The van der Waals surface area contributed by atoms with Gasteiger partial charge in [-0.05, 0) is 51.1 Å². The third-order valence-electron chi connectivity index (χ3n) is 3.23. The number of rotatable bonds is 5. The number of hydrogen-bond acceptors (Lipinski definition) is 2. The molecular formula is C18H21Cl4NO. The van der Waals surface area contributed by atoms with Crippen LogP contribution in [0.1, 0.15) is 31.9 Å². The van der Waals surface area contributed by atoms with E-state index >= 15 is 0 Å². The van der Waals surface area contributed by atoms with Crippen molar-refractivity contribution in [3.63, 3.8) is 0 Å². The first kappa shape index (κ1) is 21.4. The molecule has 0 aliphatic heterocycles. The molecule has 132 valence electrons. The van der Waals surface area contributed by atoms with Crippen molar-refractivity contribution in [2.24, 2.45) is 0 Å². The van der Waals surface area contributed by atoms with Crippen LogP contribution < -0.4 is 10.1 Å². The molecular weight excluding hydrogens is 388 g/mol. The van der Waals surface area contributed by atoms with Crippen molar-refractivity contribution in [3.05, 3.63) is 62.6 Å². The summed E-state index contributed by atoms with van der Waals surface area (Å²) in [4.78, 5) is 0. The van der Waals surface area contributed by atoms with Crippen LogP contribution in [0.15, 0.2) is 36.4 Å². The van der Waals surface area contributed by atoms with E-state index in [-0.39, 0.29) is 17.9 Å². The molecule has 0 amide bonds. The van der Waals surface area contributed by atoms with Gasteiger partial charge in [0.05, 0.1) is 0 Å². The van der Waals surface area contributed by atoms with Crippen molar-refractivity contribution in [2.45, 2.75) is 39.5 Å². The summed E-state index contributed by atoms with van der Waals surface area (Å²) in [7, 11) is 0. The molecule has 2 aromatic carbocycles. The lowest BCUT2D eigenvalue weighted by molar-refractivity contribution is 0.300. The monoisotopic (exact) mass is 407 g/mol. The molecule has 0 saturated carbocycles. The minimum Gasteiger partial charge on any atom is -0.489 e. The maximum Gasteiger partial charge on any atom is 0.124 e. The fourth-order valence-corrected chi connectivity index (χ4v) is 2.64. The van der Waals surface area contributed by atoms with Crippen LogP contribution in [0.2, 0.25) is 15.1 Å². The second-order valence-corrected chi connectivity index (χ2v) is 7.66. The van der Waals surface area contributed by atoms with Crippen molar-refractivity contribution >= 4 is 47.2 Å². The molecule has 0 bridgehead atoms. The first-order valence-electron chi connectivity index (χ1n) is 7.35. The molecule has 0 unspecified atom stereocenters. The lowest BCUT2D eigenvalue weighted by atomic mass is 10.1. The van der Waals surface area contributed by atoms with Crippen LogP contribution in [-0.4, -0.2) is 5.54 Å². The van der Waals surface area contributed by atoms with Crippen molar-refractivity contribution in [2.75, 3.05) is 0 Å². The van der Waals surface area contributed by atoms with Gasteiger partial charge >= 0.3 is 0 Å². The Hall–Kier alpha value is -0.640. The fraction of sp³-hybridized carbons (Fsp3) is 0.333. The maximum atomic E-state index is 6.18. The minimum atomic E-state index is 0. The van der Waals surface area contributed by atoms with Gasteiger partial charge in [0.15, 0.2) is 0 Å². The second kappa shape index (κ2) is 9.17. The largest absolute Gasteiger partial charge is 0.489 e. The van der Waals surface area contributed by atoms with Crippen molar-refractivity contribution in [1.82, 2.24) is 5.32 Å². The molecule has 24 heavy (non-hydrogen) atoms. The summed E-state index contributed by atoms with van der Waals surface area (Å²) in [6.07, 6.45) is 0. The van der Waals surface area contributed by atoms with Crippen molar-refractivity contribution in [3.8, 4) is 5.75 Å². The van der Waals surface area contributed by atoms with E-state index in [9.17, 15) is 0 Å². The highest BCUT2D eigenvalue weighted by molar-refractivity contribution is 6.35. The number of hydrogen-bond donors (Lipinski definition) is 1. The quantitative estimate of drug-likeness (QED) is 0.606. The summed E-state index contributed by atoms with van der Waals surface area (Å²) in [5.74, 6) is 0.789. The van der Waals surface area contributed by atoms with E-state index in [1.165, 1.54) is 0 Å². The smallest absolute Gasteiger partial charge is 0.124 e. The van der Waals surface area contributed by atoms with Crippen LogP contribution in [0, 0.1) is 0 Å². The molecule has 0 fully saturated rings. The molecule has 0 spiro atoms. The highest BCUT2D eigenvalue weighted by atomic mass is 35.5. The predicted molar refractivity (Wildman–Crippen MR) is 106 cm³/mol. The van der Waals surface area contributed by atoms with Crippen molar-refractivity contribution in [1.29, 1.82) is 0 Å². The van der Waals surface area contributed by atoms with Gasteiger partial charge < -0.3 is 10.1 Å². The van der Waals surface area contributed by atoms with Gasteiger partial charge in [-0.15, -0.1) is 12.4 Å². The Balaban J connectivity index is 0.00000288. The standard InChI is InChI=1S/C18H20Cl3NO.ClH/c1-18(2,3)22-10-13-8-14(19)6-7-17(13)23-11-12-4-5-15(20)9-16(12)21;/h4-9,22H,10-11H2,1-3H3;1H. The van der Waals surface area contributed by atoms with Crippen LogP contribution >= 0.6 is 47.2 Å². The molecule has 0 aliphatic carbocycles.